The van der Waals surface area contributed by atoms with Gasteiger partial charge in [-0.15, -0.1) is 0 Å². The van der Waals surface area contributed by atoms with Crippen molar-refractivity contribution in [1.29, 1.82) is 0 Å². The van der Waals surface area contributed by atoms with Crippen molar-refractivity contribution in [1.82, 2.24) is 42.5 Å². The zero-order valence-electron chi connectivity index (χ0n) is 64.5. The maximum Gasteiger partial charge on any atom is 0.335 e. The molecule has 22 N–H and O–H groups in total. The number of aliphatic carboxylic acids is 2. The van der Waals surface area contributed by atoms with Gasteiger partial charge in [0.2, 0.25) is 59.7 Å². The third-order valence-corrected chi connectivity index (χ3v) is 22.7. The molecule has 42 heteroatoms. The zero-order chi connectivity index (χ0) is 88.6. The fourth-order valence-electron chi connectivity index (χ4n) is 15.0. The normalized spacial score (nSPS) is 27.0. The van der Waals surface area contributed by atoms with E-state index in [1.54, 1.807) is 0 Å². The van der Waals surface area contributed by atoms with Crippen molar-refractivity contribution in [2.75, 3.05) is 13.7 Å². The molecule has 7 aromatic rings. The highest BCUT2D eigenvalue weighted by Gasteiger charge is 2.52. The van der Waals surface area contributed by atoms with Gasteiger partial charge >= 0.3 is 11.9 Å². The van der Waals surface area contributed by atoms with Gasteiger partial charge in [0, 0.05) is 40.8 Å². The van der Waals surface area contributed by atoms with E-state index in [0.29, 0.717) is 12.8 Å². The number of halogens is 4. The minimum absolute atomic E-state index is 0.0707. The van der Waals surface area contributed by atoms with Crippen LogP contribution in [0.25, 0.3) is 11.1 Å². The number of rotatable bonds is 17. The number of phenols is 4. The number of carbonyl (C=O) groups excluding carboxylic acids is 7. The number of nitrogens with one attached hydrogen (secondary N) is 8. The Hall–Kier alpha value is -11.3. The SMILES string of the molecule is CCCCCCCCCC(=O)N[C@H]1[C@H](Oc2c3cc4cc2Oc2c(Cl)cc(cc2Cl)[C@@H](O)[C@@H]2NC(=O)[C@H](NC(=O)[C@@H]4NC(=O)[C@H]4NC(=O)[C@H](NC(=O)[C@@H](NC)c5ccc(O)c(c5)Oc5cc(O)c(Cl)c4c5)[C@H](O)c4ccc(c(Cl)c4)O3)c3ccc(O)c(c3)-c3c(O[C@H]4O[C@H](CO)[C@@H](O)[C@H](O)[C@@H]4O)cc(O)cc3[C@@H](C(=O)O)NC2=O)O[C@H](C(=O)O)[C@@H](O)[C@@H]1O. The van der Waals surface area contributed by atoms with Crippen LogP contribution in [-0.4, -0.2) is 212 Å². The Morgan fingerprint density at radius 2 is 1.08 bits per heavy atom. The summed E-state index contributed by atoms with van der Waals surface area (Å²) in [5.74, 6) is -22.0. The Labute approximate surface area is 716 Å². The number of likely N-dealkylation sites (N-methyl/N-ethyl adjacent to an activating group) is 1. The molecule has 0 aliphatic carbocycles. The van der Waals surface area contributed by atoms with Crippen molar-refractivity contribution in [2.45, 2.75) is 174 Å². The Balaban J connectivity index is 1.07. The third-order valence-electron chi connectivity index (χ3n) is 21.5. The molecule has 15 rings (SSSR count). The van der Waals surface area contributed by atoms with Crippen molar-refractivity contribution < 1.29 is 148 Å². The van der Waals surface area contributed by atoms with E-state index in [1.807, 2.05) is 6.92 Å². The van der Waals surface area contributed by atoms with Gasteiger partial charge in [-0.1, -0.05) is 110 Å². The van der Waals surface area contributed by atoms with Gasteiger partial charge in [-0.3, -0.25) is 33.6 Å². The number of aromatic hydroxyl groups is 4. The molecular weight excluding hydrogens is 1710 g/mol. The summed E-state index contributed by atoms with van der Waals surface area (Å²) in [6, 6.07) is -1.40. The number of carbonyl (C=O) groups is 9. The molecular formula is C81H82Cl4N8O30. The van der Waals surface area contributed by atoms with Gasteiger partial charge < -0.3 is 147 Å². The number of hydrogen-bond acceptors (Lipinski definition) is 29. The number of hydrogen-bond donors (Lipinski definition) is 22. The number of unbranched alkanes of at least 4 members (excludes halogenated alkanes) is 6. The second-order valence-corrected chi connectivity index (χ2v) is 31.3. The molecule has 0 spiro atoms. The minimum Gasteiger partial charge on any atom is -0.508 e. The van der Waals surface area contributed by atoms with Crippen molar-refractivity contribution >= 4 is 99.7 Å². The highest BCUT2D eigenvalue weighted by molar-refractivity contribution is 6.37. The summed E-state index contributed by atoms with van der Waals surface area (Å²) in [5, 5.41) is 178. The lowest BCUT2D eigenvalue weighted by Gasteiger charge is -2.41. The van der Waals surface area contributed by atoms with Crippen molar-refractivity contribution in [3.63, 3.8) is 0 Å². The molecule has 38 nitrogen and oxygen atoms in total. The van der Waals surface area contributed by atoms with Gasteiger partial charge in [-0.25, -0.2) is 9.59 Å². The second kappa shape index (κ2) is 37.4. The van der Waals surface area contributed by atoms with E-state index in [4.69, 9.17) is 79.6 Å². The molecule has 2 saturated heterocycles. The maximum absolute atomic E-state index is 16.7. The van der Waals surface area contributed by atoms with Crippen LogP contribution in [0.15, 0.2) is 103 Å². The topological polar surface area (TPSA) is 598 Å². The molecule has 654 valence electrons. The number of benzene rings is 7. The van der Waals surface area contributed by atoms with Crippen molar-refractivity contribution in [2.24, 2.45) is 0 Å². The summed E-state index contributed by atoms with van der Waals surface area (Å²) in [5.41, 5.74) is -4.54. The molecule has 17 bridgehead atoms. The maximum atomic E-state index is 16.7. The molecule has 7 aromatic carbocycles. The van der Waals surface area contributed by atoms with Crippen LogP contribution in [0, 0.1) is 0 Å². The summed E-state index contributed by atoms with van der Waals surface area (Å²) >= 11 is 28.5. The molecule has 19 atom stereocenters. The van der Waals surface area contributed by atoms with Crippen LogP contribution in [0.3, 0.4) is 0 Å². The van der Waals surface area contributed by atoms with E-state index in [0.717, 1.165) is 123 Å². The van der Waals surface area contributed by atoms with Gasteiger partial charge in [-0.05, 0) is 114 Å². The van der Waals surface area contributed by atoms with Crippen LogP contribution in [-0.2, 0) is 52.6 Å². The summed E-state index contributed by atoms with van der Waals surface area (Å²) in [6.45, 7) is 1.03. The quantitative estimate of drug-likeness (QED) is 0.0564. The summed E-state index contributed by atoms with van der Waals surface area (Å²) < 4.78 is 43.7. The Kier molecular flexibility index (Phi) is 27.2. The number of carboxylic acids is 2. The third kappa shape index (κ3) is 18.7. The van der Waals surface area contributed by atoms with Crippen molar-refractivity contribution in [3.8, 4) is 80.1 Å². The molecule has 8 aliphatic heterocycles. The highest BCUT2D eigenvalue weighted by Crippen LogP contribution is 2.52. The van der Waals surface area contributed by atoms with E-state index < -0.39 is 304 Å². The Bertz CT molecular complexity index is 5300. The van der Waals surface area contributed by atoms with Crippen LogP contribution in [0.2, 0.25) is 20.1 Å². The van der Waals surface area contributed by atoms with Crippen LogP contribution in [0.5, 0.6) is 69.0 Å². The van der Waals surface area contributed by atoms with Gasteiger partial charge in [-0.2, -0.15) is 0 Å². The van der Waals surface area contributed by atoms with Gasteiger partial charge in [0.05, 0.1) is 26.7 Å². The van der Waals surface area contributed by atoms with Crippen LogP contribution in [0.1, 0.15) is 140 Å². The first-order chi connectivity index (χ1) is 58.6. The Morgan fingerprint density at radius 3 is 1.75 bits per heavy atom. The smallest absolute Gasteiger partial charge is 0.335 e. The van der Waals surface area contributed by atoms with Crippen LogP contribution in [0.4, 0.5) is 0 Å². The average molecular weight is 1790 g/mol. The first-order valence-corrected chi connectivity index (χ1v) is 39.9. The lowest BCUT2D eigenvalue weighted by atomic mass is 9.89. The number of amides is 7. The molecule has 0 saturated carbocycles. The molecule has 8 aliphatic rings. The second-order valence-electron chi connectivity index (χ2n) is 29.7. The summed E-state index contributed by atoms with van der Waals surface area (Å²) in [4.78, 5) is 136. The number of phenolic OH excluding ortho intramolecular Hbond substituents is 4. The molecule has 8 heterocycles. The summed E-state index contributed by atoms with van der Waals surface area (Å²) in [6.07, 6.45) is -19.1. The lowest BCUT2D eigenvalue weighted by Crippen LogP contribution is -2.66. The number of carboxylic acid groups (broad SMARTS) is 2. The average Bonchev–Trinajstić information content (AvgIpc) is 0.757. The standard InChI is InChI=1S/C81H82Cl4N8O30/c1-3-4-5-6-7-8-9-10-51(99)87-61-65(103)67(105)71(79(115)116)123-80(61)122-70-48-22-32-23-49(70)119-69-40(83)19-33(20-41(69)84)63(101)60-77(112)91-58(78(113)114)37-24-34(95)25-47(120-81-68(106)66(104)64(102)50(28-94)121-81)52(37)36-17-29(11-14-42(36)96)55(73(108)93-60)88-74(109)56(32)89-75(110)57-38-26-35(27-44(98)53(38)85)117-46-21-30(12-15-43(46)97)54(86-2)72(107)92-59(76(111)90-57)62(100)31-13-16-45(118-48)39(82)18-31/h11-27,50,54-68,71,80-81,86,94-98,100-106H,3-10,28H2,1-2H3,(H,87,99)(H,88,109)(H,89,110)(H,90,111)(H,91,112)(H,92,107)(H,93,108)(H,113,114)(H,115,116)/t50-,54+,55-,56-,57+,58+,59-,60+,61-,62-,63-,64-,65-,66+,67+,68+,71+,80-,81+/m1/s1. The number of aliphatic hydroxyl groups excluding tert-OH is 8. The molecule has 0 aromatic heterocycles. The van der Waals surface area contributed by atoms with E-state index in [1.165, 1.54) is 19.2 Å². The lowest BCUT2D eigenvalue weighted by molar-refractivity contribution is -0.277. The largest absolute Gasteiger partial charge is 0.508 e. The predicted octanol–water partition coefficient (Wildman–Crippen LogP) is 4.35. The van der Waals surface area contributed by atoms with Gasteiger partial charge in [0.1, 0.15) is 126 Å². The highest BCUT2D eigenvalue weighted by atomic mass is 35.5. The van der Waals surface area contributed by atoms with Crippen LogP contribution < -0.4 is 66.2 Å². The van der Waals surface area contributed by atoms with Crippen molar-refractivity contribution in [3.05, 3.63) is 162 Å². The first kappa shape index (κ1) is 89.4. The molecule has 2 fully saturated rings. The molecule has 7 amide bonds. The number of ether oxygens (including phenoxy) is 7. The van der Waals surface area contributed by atoms with E-state index in [-0.39, 0.29) is 17.5 Å². The summed E-state index contributed by atoms with van der Waals surface area (Å²) in [7, 11) is 1.34. The zero-order valence-corrected chi connectivity index (χ0v) is 67.5. The molecule has 123 heavy (non-hydrogen) atoms. The fourth-order valence-corrected chi connectivity index (χ4v) is 16.1. The van der Waals surface area contributed by atoms with Gasteiger partial charge in [0.15, 0.2) is 40.9 Å². The van der Waals surface area contributed by atoms with E-state index in [9.17, 15) is 90.7 Å². The number of aliphatic hydroxyl groups is 8. The minimum atomic E-state index is -2.59. The monoisotopic (exact) mass is 1790 g/mol. The van der Waals surface area contributed by atoms with E-state index in [2.05, 4.69) is 42.5 Å². The molecule has 0 radical (unpaired) electrons. The predicted molar refractivity (Wildman–Crippen MR) is 426 cm³/mol. The first-order valence-electron chi connectivity index (χ1n) is 38.4. The Morgan fingerprint density at radius 1 is 0.488 bits per heavy atom. The number of fused-ring (bicyclic) bond motifs is 14. The van der Waals surface area contributed by atoms with E-state index >= 15 is 24.0 Å². The van der Waals surface area contributed by atoms with Crippen LogP contribution >= 0.6 is 46.4 Å². The van der Waals surface area contributed by atoms with Gasteiger partial charge in [0.25, 0.3) is 0 Å². The molecule has 0 unspecified atom stereocenters. The fraction of sp³-hybridized carbons (Fsp3) is 0.370.